The van der Waals surface area contributed by atoms with Gasteiger partial charge in [0.2, 0.25) is 5.13 Å². The summed E-state index contributed by atoms with van der Waals surface area (Å²) < 4.78 is 39.6. The minimum Gasteiger partial charge on any atom is -0.296 e. The molecule has 1 N–H and O–H groups in total. The maximum Gasteiger partial charge on any atom is 0.416 e. The maximum atomic E-state index is 12.9. The largest absolute Gasteiger partial charge is 0.416 e. The summed E-state index contributed by atoms with van der Waals surface area (Å²) in [5.41, 5.74) is 4.56. The van der Waals surface area contributed by atoms with E-state index in [9.17, 15) is 13.2 Å². The number of rotatable bonds is 2. The Morgan fingerprint density at radius 1 is 1.08 bits per heavy atom. The first kappa shape index (κ1) is 15.0. The summed E-state index contributed by atoms with van der Waals surface area (Å²) in [6.07, 6.45) is -2.48. The molecule has 0 saturated carbocycles. The molecule has 7 heteroatoms. The highest BCUT2D eigenvalue weighted by Gasteiger charge is 2.31. The lowest BCUT2D eigenvalue weighted by atomic mass is 10.1. The first-order valence-corrected chi connectivity index (χ1v) is 8.10. The topological polar surface area (TPSA) is 28.2 Å². The van der Waals surface area contributed by atoms with Gasteiger partial charge in [0, 0.05) is 0 Å². The lowest BCUT2D eigenvalue weighted by molar-refractivity contribution is -0.137. The van der Waals surface area contributed by atoms with Crippen LogP contribution >= 0.6 is 11.3 Å². The summed E-state index contributed by atoms with van der Waals surface area (Å²) in [5, 5.41) is 2.62. The molecule has 0 amide bonds. The van der Waals surface area contributed by atoms with Gasteiger partial charge in [-0.05, 0) is 35.9 Å². The highest BCUT2D eigenvalue weighted by Crippen LogP contribution is 2.33. The van der Waals surface area contributed by atoms with Gasteiger partial charge in [-0.2, -0.15) is 13.2 Å². The molecule has 1 aliphatic rings. The van der Waals surface area contributed by atoms with Crippen LogP contribution in [0.5, 0.6) is 0 Å². The molecule has 0 atom stereocenters. The van der Waals surface area contributed by atoms with Crippen molar-refractivity contribution in [3.8, 4) is 0 Å². The lowest BCUT2D eigenvalue weighted by Crippen LogP contribution is -2.31. The van der Waals surface area contributed by atoms with Gasteiger partial charge >= 0.3 is 6.18 Å². The third-order valence-corrected chi connectivity index (χ3v) is 4.81. The first-order chi connectivity index (χ1) is 11.5. The highest BCUT2D eigenvalue weighted by molar-refractivity contribution is 7.22. The fourth-order valence-corrected chi connectivity index (χ4v) is 3.50. The Bertz CT molecular complexity index is 897. The van der Waals surface area contributed by atoms with E-state index < -0.39 is 11.7 Å². The standard InChI is InChI=1S/C17H12F3N3S/c18-17(19,20)12-5-3-4-11(10-12)13-8-9-23(22-13)16-21-14-6-1-2-7-15(14)24-16/h1-8,10,22H,9H2. The fourth-order valence-electron chi connectivity index (χ4n) is 2.57. The number of benzene rings is 2. The fraction of sp³-hybridized carbons (Fsp3) is 0.118. The van der Waals surface area contributed by atoms with E-state index in [4.69, 9.17) is 0 Å². The maximum absolute atomic E-state index is 12.9. The van der Waals surface area contributed by atoms with Gasteiger partial charge in [-0.15, -0.1) is 0 Å². The van der Waals surface area contributed by atoms with Crippen molar-refractivity contribution in [3.63, 3.8) is 0 Å². The van der Waals surface area contributed by atoms with Crippen molar-refractivity contribution in [2.75, 3.05) is 11.6 Å². The summed E-state index contributed by atoms with van der Waals surface area (Å²) in [6, 6.07) is 13.1. The number of anilines is 1. The van der Waals surface area contributed by atoms with Crippen LogP contribution in [0.25, 0.3) is 15.9 Å². The lowest BCUT2D eigenvalue weighted by Gasteiger charge is -2.17. The summed E-state index contributed by atoms with van der Waals surface area (Å²) in [4.78, 5) is 4.55. The number of nitrogens with zero attached hydrogens (tertiary/aromatic N) is 2. The van der Waals surface area contributed by atoms with E-state index in [2.05, 4.69) is 10.4 Å². The van der Waals surface area contributed by atoms with E-state index in [0.717, 1.165) is 27.5 Å². The Hall–Kier alpha value is -2.54. The SMILES string of the molecule is FC(F)(F)c1cccc(C2=CCN(c3nc4ccccc4s3)N2)c1. The quantitative estimate of drug-likeness (QED) is 0.729. The summed E-state index contributed by atoms with van der Waals surface area (Å²) in [7, 11) is 0. The summed E-state index contributed by atoms with van der Waals surface area (Å²) in [6.45, 7) is 0.547. The van der Waals surface area contributed by atoms with Crippen LogP contribution in [0.4, 0.5) is 18.3 Å². The Balaban J connectivity index is 1.58. The molecule has 4 rings (SSSR count). The predicted octanol–water partition coefficient (Wildman–Crippen LogP) is 4.68. The number of hydrogen-bond acceptors (Lipinski definition) is 4. The average molecular weight is 347 g/mol. The molecule has 0 fully saturated rings. The van der Waals surface area contributed by atoms with E-state index >= 15 is 0 Å². The van der Waals surface area contributed by atoms with Crippen LogP contribution in [0, 0.1) is 0 Å². The zero-order chi connectivity index (χ0) is 16.7. The van der Waals surface area contributed by atoms with Crippen LogP contribution in [0.2, 0.25) is 0 Å². The number of fused-ring (bicyclic) bond motifs is 1. The molecule has 24 heavy (non-hydrogen) atoms. The average Bonchev–Trinajstić information content (AvgIpc) is 3.21. The van der Waals surface area contributed by atoms with Gasteiger partial charge in [0.25, 0.3) is 0 Å². The zero-order valence-electron chi connectivity index (χ0n) is 12.3. The van der Waals surface area contributed by atoms with Gasteiger partial charge in [-0.3, -0.25) is 10.4 Å². The minimum atomic E-state index is -4.35. The van der Waals surface area contributed by atoms with Crippen molar-refractivity contribution in [1.29, 1.82) is 0 Å². The van der Waals surface area contributed by atoms with Crippen LogP contribution in [-0.4, -0.2) is 11.5 Å². The Kier molecular flexibility index (Phi) is 3.45. The van der Waals surface area contributed by atoms with Crippen LogP contribution < -0.4 is 10.4 Å². The Morgan fingerprint density at radius 2 is 1.92 bits per heavy atom. The number of halogens is 3. The number of alkyl halides is 3. The smallest absolute Gasteiger partial charge is 0.296 e. The third kappa shape index (κ3) is 2.71. The molecular formula is C17H12F3N3S. The second kappa shape index (κ2) is 5.52. The van der Waals surface area contributed by atoms with E-state index in [-0.39, 0.29) is 0 Å². The number of hydrogen-bond donors (Lipinski definition) is 1. The van der Waals surface area contributed by atoms with Crippen LogP contribution in [-0.2, 0) is 6.18 Å². The van der Waals surface area contributed by atoms with Gasteiger partial charge in [0.1, 0.15) is 0 Å². The van der Waals surface area contributed by atoms with Crippen molar-refractivity contribution in [1.82, 2.24) is 10.4 Å². The third-order valence-electron chi connectivity index (χ3n) is 3.75. The van der Waals surface area contributed by atoms with E-state index in [1.54, 1.807) is 6.07 Å². The van der Waals surface area contributed by atoms with Crippen molar-refractivity contribution < 1.29 is 13.2 Å². The summed E-state index contributed by atoms with van der Waals surface area (Å²) >= 11 is 1.54. The second-order valence-electron chi connectivity index (χ2n) is 5.38. The molecule has 3 aromatic rings. The highest BCUT2D eigenvalue weighted by atomic mass is 32.1. The van der Waals surface area contributed by atoms with Gasteiger partial charge in [-0.25, -0.2) is 4.98 Å². The van der Waals surface area contributed by atoms with Gasteiger partial charge < -0.3 is 0 Å². The van der Waals surface area contributed by atoms with Crippen LogP contribution in [0.3, 0.4) is 0 Å². The number of thiazole rings is 1. The minimum absolute atomic E-state index is 0.508. The predicted molar refractivity (Wildman–Crippen MR) is 89.5 cm³/mol. The van der Waals surface area contributed by atoms with E-state index in [1.165, 1.54) is 17.4 Å². The van der Waals surface area contributed by atoms with Crippen LogP contribution in [0.1, 0.15) is 11.1 Å². The molecule has 1 aromatic heterocycles. The number of aromatic nitrogens is 1. The van der Waals surface area contributed by atoms with Gasteiger partial charge in [-0.1, -0.05) is 35.6 Å². The Labute approximate surface area is 140 Å². The molecule has 2 heterocycles. The number of hydrazine groups is 1. The van der Waals surface area contributed by atoms with Gasteiger partial charge in [0.05, 0.1) is 28.0 Å². The van der Waals surface area contributed by atoms with Crippen molar-refractivity contribution >= 4 is 32.4 Å². The molecule has 0 aliphatic carbocycles. The molecule has 1 aliphatic heterocycles. The van der Waals surface area contributed by atoms with Gasteiger partial charge in [0.15, 0.2) is 0 Å². The molecule has 0 spiro atoms. The normalized spacial score (nSPS) is 14.8. The van der Waals surface area contributed by atoms with Crippen molar-refractivity contribution in [2.24, 2.45) is 0 Å². The molecule has 0 bridgehead atoms. The molecule has 0 unspecified atom stereocenters. The molecule has 122 valence electrons. The molecule has 3 nitrogen and oxygen atoms in total. The van der Waals surface area contributed by atoms with E-state index in [0.29, 0.717) is 17.8 Å². The van der Waals surface area contributed by atoms with Crippen LogP contribution in [0.15, 0.2) is 54.6 Å². The molecular weight excluding hydrogens is 335 g/mol. The van der Waals surface area contributed by atoms with Crippen molar-refractivity contribution in [2.45, 2.75) is 6.18 Å². The second-order valence-corrected chi connectivity index (χ2v) is 6.39. The molecule has 2 aromatic carbocycles. The number of nitrogens with one attached hydrogen (secondary N) is 1. The number of para-hydroxylation sites is 1. The Morgan fingerprint density at radius 3 is 2.71 bits per heavy atom. The molecule has 0 saturated heterocycles. The zero-order valence-corrected chi connectivity index (χ0v) is 13.2. The van der Waals surface area contributed by atoms with E-state index in [1.807, 2.05) is 35.4 Å². The first-order valence-electron chi connectivity index (χ1n) is 7.28. The summed E-state index contributed by atoms with van der Waals surface area (Å²) in [5.74, 6) is 0. The monoisotopic (exact) mass is 347 g/mol. The molecule has 0 radical (unpaired) electrons. The van der Waals surface area contributed by atoms with Crippen molar-refractivity contribution in [3.05, 3.63) is 65.7 Å².